The van der Waals surface area contributed by atoms with E-state index in [4.69, 9.17) is 5.26 Å². The van der Waals surface area contributed by atoms with Gasteiger partial charge in [0.2, 0.25) is 0 Å². The van der Waals surface area contributed by atoms with Crippen molar-refractivity contribution in [3.05, 3.63) is 59.7 Å². The highest BCUT2D eigenvalue weighted by molar-refractivity contribution is 6.43. The third-order valence-electron chi connectivity index (χ3n) is 2.65. The van der Waals surface area contributed by atoms with Crippen LogP contribution in [0.4, 0.5) is 20.2 Å². The summed E-state index contributed by atoms with van der Waals surface area (Å²) in [7, 11) is 0. The molecule has 0 aliphatic rings. The van der Waals surface area contributed by atoms with E-state index in [1.165, 1.54) is 24.3 Å². The van der Waals surface area contributed by atoms with E-state index < -0.39 is 29.1 Å². The molecular weight excluding hydrogens is 292 g/mol. The summed E-state index contributed by atoms with van der Waals surface area (Å²) in [5, 5.41) is 12.9. The molecule has 0 radical (unpaired) electrons. The van der Waals surface area contributed by atoms with Gasteiger partial charge in [-0.3, -0.25) is 9.59 Å². The Labute approximate surface area is 124 Å². The van der Waals surface area contributed by atoms with Crippen LogP contribution < -0.4 is 10.6 Å². The van der Waals surface area contributed by atoms with E-state index in [0.717, 1.165) is 18.2 Å². The number of nitriles is 1. The average Bonchev–Trinajstić information content (AvgIpc) is 2.51. The fourth-order valence-corrected chi connectivity index (χ4v) is 1.59. The van der Waals surface area contributed by atoms with Crippen molar-refractivity contribution in [2.45, 2.75) is 0 Å². The van der Waals surface area contributed by atoms with Crippen molar-refractivity contribution in [2.24, 2.45) is 0 Å². The van der Waals surface area contributed by atoms with Crippen molar-refractivity contribution >= 4 is 23.2 Å². The van der Waals surface area contributed by atoms with Crippen LogP contribution in [0, 0.1) is 23.0 Å². The van der Waals surface area contributed by atoms with Crippen molar-refractivity contribution in [2.75, 3.05) is 10.6 Å². The van der Waals surface area contributed by atoms with Crippen LogP contribution in [0.2, 0.25) is 0 Å². The van der Waals surface area contributed by atoms with E-state index in [0.29, 0.717) is 11.3 Å². The maximum Gasteiger partial charge on any atom is 0.314 e. The molecule has 0 saturated heterocycles. The van der Waals surface area contributed by atoms with Crippen LogP contribution in [0.5, 0.6) is 0 Å². The highest BCUT2D eigenvalue weighted by atomic mass is 19.1. The summed E-state index contributed by atoms with van der Waals surface area (Å²) in [5.74, 6) is -3.80. The Hall–Kier alpha value is -3.27. The molecule has 2 N–H and O–H groups in total. The molecule has 5 nitrogen and oxygen atoms in total. The molecule has 0 heterocycles. The first-order valence-corrected chi connectivity index (χ1v) is 6.07. The van der Waals surface area contributed by atoms with E-state index in [9.17, 15) is 18.4 Å². The van der Waals surface area contributed by atoms with Crippen LogP contribution in [0.15, 0.2) is 42.5 Å². The van der Waals surface area contributed by atoms with E-state index in [1.54, 1.807) is 0 Å². The Morgan fingerprint density at radius 1 is 0.955 bits per heavy atom. The van der Waals surface area contributed by atoms with E-state index in [-0.39, 0.29) is 0 Å². The zero-order valence-electron chi connectivity index (χ0n) is 11.1. The van der Waals surface area contributed by atoms with Crippen LogP contribution in [0.25, 0.3) is 0 Å². The summed E-state index contributed by atoms with van der Waals surface area (Å²) in [6.07, 6.45) is 0. The van der Waals surface area contributed by atoms with Crippen LogP contribution in [0.3, 0.4) is 0 Å². The molecule has 7 heteroatoms. The monoisotopic (exact) mass is 301 g/mol. The lowest BCUT2D eigenvalue weighted by atomic mass is 10.2. The molecule has 0 aliphatic carbocycles. The minimum atomic E-state index is -1.14. The lowest BCUT2D eigenvalue weighted by Crippen LogP contribution is -2.29. The Balaban J connectivity index is 2.04. The third-order valence-corrected chi connectivity index (χ3v) is 2.65. The first kappa shape index (κ1) is 15.1. The van der Waals surface area contributed by atoms with Gasteiger partial charge in [-0.05, 0) is 36.4 Å². The number of hydrogen-bond acceptors (Lipinski definition) is 3. The zero-order chi connectivity index (χ0) is 16.1. The number of amides is 2. The van der Waals surface area contributed by atoms with Gasteiger partial charge in [0, 0.05) is 11.8 Å². The molecule has 2 rings (SSSR count). The lowest BCUT2D eigenvalue weighted by molar-refractivity contribution is -0.133. The lowest BCUT2D eigenvalue weighted by Gasteiger charge is -2.07. The van der Waals surface area contributed by atoms with Crippen LogP contribution >= 0.6 is 0 Å². The molecule has 0 saturated carbocycles. The summed E-state index contributed by atoms with van der Waals surface area (Å²) in [6.45, 7) is 0. The maximum absolute atomic E-state index is 13.4. The first-order valence-electron chi connectivity index (χ1n) is 6.07. The van der Waals surface area contributed by atoms with Crippen molar-refractivity contribution < 1.29 is 18.4 Å². The molecular formula is C15H9F2N3O2. The molecule has 110 valence electrons. The summed E-state index contributed by atoms with van der Waals surface area (Å²) >= 11 is 0. The van der Waals surface area contributed by atoms with Gasteiger partial charge in [-0.1, -0.05) is 0 Å². The molecule has 22 heavy (non-hydrogen) atoms. The normalized spacial score (nSPS) is 9.68. The number of anilines is 2. The highest BCUT2D eigenvalue weighted by Crippen LogP contribution is 2.15. The number of benzene rings is 2. The van der Waals surface area contributed by atoms with Crippen molar-refractivity contribution in [1.29, 1.82) is 5.26 Å². The Kier molecular flexibility index (Phi) is 4.44. The quantitative estimate of drug-likeness (QED) is 0.836. The Morgan fingerprint density at radius 2 is 1.59 bits per heavy atom. The summed E-state index contributed by atoms with van der Waals surface area (Å²) in [4.78, 5) is 23.3. The van der Waals surface area contributed by atoms with Gasteiger partial charge in [0.25, 0.3) is 0 Å². The maximum atomic E-state index is 13.4. The van der Waals surface area contributed by atoms with Gasteiger partial charge in [-0.2, -0.15) is 5.26 Å². The number of nitrogens with zero attached hydrogens (tertiary/aromatic N) is 1. The molecule has 2 amide bonds. The largest absolute Gasteiger partial charge is 0.318 e. The molecule has 0 aliphatic heterocycles. The van der Waals surface area contributed by atoms with Gasteiger partial charge in [0.15, 0.2) is 0 Å². The van der Waals surface area contributed by atoms with Crippen LogP contribution in [-0.2, 0) is 9.59 Å². The second kappa shape index (κ2) is 6.45. The first-order chi connectivity index (χ1) is 10.5. The van der Waals surface area contributed by atoms with Crippen LogP contribution in [-0.4, -0.2) is 11.8 Å². The summed E-state index contributed by atoms with van der Waals surface area (Å²) < 4.78 is 26.3. The predicted octanol–water partition coefficient (Wildman–Crippen LogP) is 2.41. The highest BCUT2D eigenvalue weighted by Gasteiger charge is 2.16. The van der Waals surface area contributed by atoms with Gasteiger partial charge >= 0.3 is 11.8 Å². The van der Waals surface area contributed by atoms with Crippen LogP contribution in [0.1, 0.15) is 5.56 Å². The van der Waals surface area contributed by atoms with E-state index in [2.05, 4.69) is 5.32 Å². The molecule has 2 aromatic rings. The topological polar surface area (TPSA) is 82.0 Å². The minimum absolute atomic E-state index is 0.291. The summed E-state index contributed by atoms with van der Waals surface area (Å²) in [5.41, 5.74) is 0.253. The van der Waals surface area contributed by atoms with Crippen molar-refractivity contribution in [3.63, 3.8) is 0 Å². The third kappa shape index (κ3) is 3.64. The second-order valence-corrected chi connectivity index (χ2v) is 4.22. The number of halogens is 2. The molecule has 0 aromatic heterocycles. The van der Waals surface area contributed by atoms with E-state index in [1.807, 2.05) is 11.4 Å². The van der Waals surface area contributed by atoms with Gasteiger partial charge in [-0.15, -0.1) is 0 Å². The Morgan fingerprint density at radius 3 is 2.23 bits per heavy atom. The standard InChI is InChI=1S/C15H9F2N3O2/c16-10-3-6-12(17)13(7-10)20-15(22)14(21)19-11-4-1-9(8-18)2-5-11/h1-7H,(H,19,21)(H,20,22). The minimum Gasteiger partial charge on any atom is -0.318 e. The average molecular weight is 301 g/mol. The fraction of sp³-hybridized carbons (Fsp3) is 0. The molecule has 0 spiro atoms. The van der Waals surface area contributed by atoms with Crippen molar-refractivity contribution in [3.8, 4) is 6.07 Å². The number of nitrogens with one attached hydrogen (secondary N) is 2. The Bertz CT molecular complexity index is 767. The molecule has 2 aromatic carbocycles. The van der Waals surface area contributed by atoms with Gasteiger partial charge in [-0.25, -0.2) is 8.78 Å². The molecule has 0 bridgehead atoms. The summed E-state index contributed by atoms with van der Waals surface area (Å²) in [6, 6.07) is 10.2. The number of hydrogen-bond donors (Lipinski definition) is 2. The smallest absolute Gasteiger partial charge is 0.314 e. The predicted molar refractivity (Wildman–Crippen MR) is 74.8 cm³/mol. The zero-order valence-corrected chi connectivity index (χ0v) is 11.1. The van der Waals surface area contributed by atoms with Gasteiger partial charge in [0.05, 0.1) is 17.3 Å². The molecule has 0 unspecified atom stereocenters. The second-order valence-electron chi connectivity index (χ2n) is 4.22. The molecule has 0 atom stereocenters. The van der Waals surface area contributed by atoms with Crippen molar-refractivity contribution in [1.82, 2.24) is 0 Å². The number of carbonyl (C=O) groups excluding carboxylic acids is 2. The SMILES string of the molecule is N#Cc1ccc(NC(=O)C(=O)Nc2cc(F)ccc2F)cc1. The van der Waals surface area contributed by atoms with Gasteiger partial charge < -0.3 is 10.6 Å². The number of rotatable bonds is 2. The number of carbonyl (C=O) groups is 2. The van der Waals surface area contributed by atoms with Gasteiger partial charge in [0.1, 0.15) is 11.6 Å². The molecule has 0 fully saturated rings. The van der Waals surface area contributed by atoms with E-state index >= 15 is 0 Å². The fourth-order valence-electron chi connectivity index (χ4n) is 1.59.